The Morgan fingerprint density at radius 2 is 1.64 bits per heavy atom. The van der Waals surface area contributed by atoms with Gasteiger partial charge in [0.2, 0.25) is 0 Å². The summed E-state index contributed by atoms with van der Waals surface area (Å²) in [6.45, 7) is 14.3. The summed E-state index contributed by atoms with van der Waals surface area (Å²) in [5, 5.41) is 3.31. The Bertz CT molecular complexity index is 201. The Morgan fingerprint density at radius 3 is 1.93 bits per heavy atom. The van der Waals surface area contributed by atoms with Gasteiger partial charge >= 0.3 is 0 Å². The highest BCUT2D eigenvalue weighted by atomic mass is 16.1. The van der Waals surface area contributed by atoms with Gasteiger partial charge < -0.3 is 5.32 Å². The Balaban J connectivity index is 4.41. The van der Waals surface area contributed by atoms with E-state index in [0.717, 1.165) is 6.42 Å². The SMILES string of the molecule is CCC(C)(C)C(=O)[C@@H](C)NC(C)(C)C. The molecule has 0 amide bonds. The van der Waals surface area contributed by atoms with Crippen LogP contribution in [0.25, 0.3) is 0 Å². The van der Waals surface area contributed by atoms with Crippen LogP contribution in [0.1, 0.15) is 54.9 Å². The van der Waals surface area contributed by atoms with E-state index in [-0.39, 0.29) is 17.0 Å². The molecule has 14 heavy (non-hydrogen) atoms. The fraction of sp³-hybridized carbons (Fsp3) is 0.917. The monoisotopic (exact) mass is 199 g/mol. The summed E-state index contributed by atoms with van der Waals surface area (Å²) in [4.78, 5) is 12.0. The van der Waals surface area contributed by atoms with Crippen molar-refractivity contribution in [1.29, 1.82) is 0 Å². The normalized spacial score (nSPS) is 15.4. The van der Waals surface area contributed by atoms with Crippen molar-refractivity contribution in [1.82, 2.24) is 5.32 Å². The van der Waals surface area contributed by atoms with Crippen molar-refractivity contribution >= 4 is 5.78 Å². The molecule has 1 atom stereocenters. The van der Waals surface area contributed by atoms with Gasteiger partial charge in [-0.25, -0.2) is 0 Å². The Kier molecular flexibility index (Phi) is 4.32. The number of rotatable bonds is 4. The van der Waals surface area contributed by atoms with Crippen LogP contribution in [-0.2, 0) is 4.79 Å². The smallest absolute Gasteiger partial charge is 0.155 e. The van der Waals surface area contributed by atoms with Crippen molar-refractivity contribution in [3.05, 3.63) is 0 Å². The van der Waals surface area contributed by atoms with Crippen molar-refractivity contribution < 1.29 is 4.79 Å². The lowest BCUT2D eigenvalue weighted by Crippen LogP contribution is -2.49. The largest absolute Gasteiger partial charge is 0.303 e. The molecule has 0 aromatic rings. The van der Waals surface area contributed by atoms with Crippen LogP contribution < -0.4 is 5.32 Å². The minimum atomic E-state index is -0.211. The maximum Gasteiger partial charge on any atom is 0.155 e. The molecule has 0 radical (unpaired) electrons. The Labute approximate surface area is 88.5 Å². The van der Waals surface area contributed by atoms with Gasteiger partial charge in [0.25, 0.3) is 0 Å². The highest BCUT2D eigenvalue weighted by molar-refractivity contribution is 5.88. The summed E-state index contributed by atoms with van der Waals surface area (Å²) in [6.07, 6.45) is 0.891. The fourth-order valence-corrected chi connectivity index (χ4v) is 1.48. The van der Waals surface area contributed by atoms with Gasteiger partial charge in [0, 0.05) is 11.0 Å². The number of carbonyl (C=O) groups is 1. The molecule has 84 valence electrons. The lowest BCUT2D eigenvalue weighted by Gasteiger charge is -2.30. The van der Waals surface area contributed by atoms with Gasteiger partial charge in [-0.2, -0.15) is 0 Å². The summed E-state index contributed by atoms with van der Waals surface area (Å²) < 4.78 is 0. The average Bonchev–Trinajstić information content (AvgIpc) is 2.00. The van der Waals surface area contributed by atoms with Crippen molar-refractivity contribution in [2.45, 2.75) is 66.5 Å². The molecule has 0 bridgehead atoms. The first kappa shape index (κ1) is 13.6. The second-order valence-corrected chi connectivity index (χ2v) is 5.72. The summed E-state index contributed by atoms with van der Waals surface area (Å²) >= 11 is 0. The highest BCUT2D eigenvalue weighted by Gasteiger charge is 2.31. The zero-order valence-corrected chi connectivity index (χ0v) is 10.7. The summed E-state index contributed by atoms with van der Waals surface area (Å²) in [7, 11) is 0. The first-order chi connectivity index (χ1) is 6.10. The molecular weight excluding hydrogens is 174 g/mol. The molecule has 1 N–H and O–H groups in total. The standard InChI is InChI=1S/C12H25NO/c1-8-12(6,7)10(14)9(2)13-11(3,4)5/h9,13H,8H2,1-7H3/t9-/m1/s1. The minimum absolute atomic E-state index is 0.00109. The topological polar surface area (TPSA) is 29.1 Å². The third kappa shape index (κ3) is 4.23. The van der Waals surface area contributed by atoms with Crippen LogP contribution >= 0.6 is 0 Å². The Hall–Kier alpha value is -0.370. The van der Waals surface area contributed by atoms with E-state index in [0.29, 0.717) is 5.78 Å². The van der Waals surface area contributed by atoms with Crippen LogP contribution in [0.4, 0.5) is 0 Å². The Morgan fingerprint density at radius 1 is 1.21 bits per heavy atom. The third-order valence-corrected chi connectivity index (χ3v) is 2.59. The molecule has 0 aromatic heterocycles. The second kappa shape index (κ2) is 4.43. The third-order valence-electron chi connectivity index (χ3n) is 2.59. The lowest BCUT2D eigenvalue weighted by atomic mass is 9.82. The molecule has 0 saturated heterocycles. The molecule has 2 heteroatoms. The molecular formula is C12H25NO. The molecule has 0 aliphatic rings. The van der Waals surface area contributed by atoms with E-state index in [1.54, 1.807) is 0 Å². The molecule has 0 unspecified atom stereocenters. The van der Waals surface area contributed by atoms with Gasteiger partial charge in [0.15, 0.2) is 5.78 Å². The van der Waals surface area contributed by atoms with Gasteiger partial charge in [-0.05, 0) is 34.1 Å². The summed E-state index contributed by atoms with van der Waals surface area (Å²) in [5.74, 6) is 0.301. The van der Waals surface area contributed by atoms with Crippen LogP contribution in [0.3, 0.4) is 0 Å². The highest BCUT2D eigenvalue weighted by Crippen LogP contribution is 2.23. The number of hydrogen-bond acceptors (Lipinski definition) is 2. The van der Waals surface area contributed by atoms with Crippen LogP contribution in [0, 0.1) is 5.41 Å². The average molecular weight is 199 g/mol. The predicted molar refractivity (Wildman–Crippen MR) is 61.4 cm³/mol. The van der Waals surface area contributed by atoms with E-state index in [1.165, 1.54) is 0 Å². The number of hydrogen-bond donors (Lipinski definition) is 1. The first-order valence-corrected chi connectivity index (χ1v) is 5.42. The second-order valence-electron chi connectivity index (χ2n) is 5.72. The van der Waals surface area contributed by atoms with Crippen molar-refractivity contribution in [3.63, 3.8) is 0 Å². The summed E-state index contributed by atoms with van der Waals surface area (Å²) in [6, 6.07) is -0.0649. The molecule has 0 heterocycles. The van der Waals surface area contributed by atoms with Gasteiger partial charge in [-0.15, -0.1) is 0 Å². The summed E-state index contributed by atoms with van der Waals surface area (Å²) in [5.41, 5.74) is -0.212. The van der Waals surface area contributed by atoms with Gasteiger partial charge in [-0.3, -0.25) is 4.79 Å². The number of Topliss-reactive ketones (excluding diaryl/α,β-unsaturated/α-hetero) is 1. The van der Waals surface area contributed by atoms with Crippen molar-refractivity contribution in [2.75, 3.05) is 0 Å². The fourth-order valence-electron chi connectivity index (χ4n) is 1.48. The maximum atomic E-state index is 12.0. The predicted octanol–water partition coefficient (Wildman–Crippen LogP) is 2.77. The molecule has 0 aliphatic heterocycles. The molecule has 0 saturated carbocycles. The van der Waals surface area contributed by atoms with E-state index in [9.17, 15) is 4.79 Å². The lowest BCUT2D eigenvalue weighted by molar-refractivity contribution is -0.129. The van der Waals surface area contributed by atoms with Crippen molar-refractivity contribution in [3.8, 4) is 0 Å². The van der Waals surface area contributed by atoms with Crippen LogP contribution in [0.2, 0.25) is 0 Å². The van der Waals surface area contributed by atoms with Crippen LogP contribution in [0.5, 0.6) is 0 Å². The van der Waals surface area contributed by atoms with Gasteiger partial charge in [0.1, 0.15) is 0 Å². The number of nitrogens with one attached hydrogen (secondary N) is 1. The molecule has 0 aliphatic carbocycles. The minimum Gasteiger partial charge on any atom is -0.303 e. The van der Waals surface area contributed by atoms with Crippen LogP contribution in [-0.4, -0.2) is 17.4 Å². The first-order valence-electron chi connectivity index (χ1n) is 5.42. The van der Waals surface area contributed by atoms with Crippen molar-refractivity contribution in [2.24, 2.45) is 5.41 Å². The molecule has 2 nitrogen and oxygen atoms in total. The molecule has 0 aromatic carbocycles. The molecule has 0 fully saturated rings. The van der Waals surface area contributed by atoms with E-state index in [4.69, 9.17) is 0 Å². The van der Waals surface area contributed by atoms with Gasteiger partial charge in [0.05, 0.1) is 6.04 Å². The quantitative estimate of drug-likeness (QED) is 0.754. The number of carbonyl (C=O) groups excluding carboxylic acids is 1. The van der Waals surface area contributed by atoms with Crippen LogP contribution in [0.15, 0.2) is 0 Å². The zero-order valence-electron chi connectivity index (χ0n) is 10.7. The van der Waals surface area contributed by atoms with Gasteiger partial charge in [-0.1, -0.05) is 20.8 Å². The van der Waals surface area contributed by atoms with E-state index in [2.05, 4.69) is 33.0 Å². The zero-order chi connectivity index (χ0) is 11.6. The van der Waals surface area contributed by atoms with E-state index < -0.39 is 0 Å². The molecule has 0 rings (SSSR count). The molecule has 0 spiro atoms. The number of ketones is 1. The van der Waals surface area contributed by atoms with E-state index >= 15 is 0 Å². The maximum absolute atomic E-state index is 12.0. The van der Waals surface area contributed by atoms with E-state index in [1.807, 2.05) is 20.8 Å².